The van der Waals surface area contributed by atoms with Crippen LogP contribution in [0.15, 0.2) is 30.3 Å². The van der Waals surface area contributed by atoms with E-state index in [0.717, 1.165) is 42.6 Å². The summed E-state index contributed by atoms with van der Waals surface area (Å²) in [5, 5.41) is 19.7. The van der Waals surface area contributed by atoms with Gasteiger partial charge in [-0.05, 0) is 25.0 Å². The van der Waals surface area contributed by atoms with Crippen molar-refractivity contribution in [2.45, 2.75) is 56.5 Å². The molecule has 5 atom stereocenters. The third-order valence-corrected chi connectivity index (χ3v) is 7.50. The zero-order valence-corrected chi connectivity index (χ0v) is 20.7. The molecule has 37 heavy (non-hydrogen) atoms. The van der Waals surface area contributed by atoms with E-state index in [0.29, 0.717) is 41.2 Å². The Bertz CT molecular complexity index is 1440. The van der Waals surface area contributed by atoms with Gasteiger partial charge in [-0.15, -0.1) is 0 Å². The van der Waals surface area contributed by atoms with E-state index in [2.05, 4.69) is 32.4 Å². The summed E-state index contributed by atoms with van der Waals surface area (Å²) in [7, 11) is 0. The highest BCUT2D eigenvalue weighted by Crippen LogP contribution is 2.31. The van der Waals surface area contributed by atoms with Gasteiger partial charge < -0.3 is 34.4 Å². The molecular weight excluding hydrogens is 500 g/mol. The Labute approximate surface area is 217 Å². The third-order valence-electron chi connectivity index (χ3n) is 7.21. The van der Waals surface area contributed by atoms with E-state index in [-0.39, 0.29) is 31.0 Å². The molecule has 11 nitrogen and oxygen atoms in total. The number of aromatic amines is 1. The molecule has 3 fully saturated rings. The number of aliphatic hydroxyl groups is 1. The Balaban J connectivity index is 1.09. The van der Waals surface area contributed by atoms with E-state index >= 15 is 0 Å². The molecule has 0 aliphatic carbocycles. The fourth-order valence-corrected chi connectivity index (χ4v) is 5.60. The highest BCUT2D eigenvalue weighted by Gasteiger charge is 2.48. The lowest BCUT2D eigenvalue weighted by Gasteiger charge is -2.15. The Kier molecular flexibility index (Phi) is 5.89. The number of hydrogen-bond donors (Lipinski definition) is 3. The van der Waals surface area contributed by atoms with E-state index in [1.165, 1.54) is 0 Å². The zero-order chi connectivity index (χ0) is 24.9. The molecule has 0 radical (unpaired) electrons. The SMILES string of the molecule is O[C@@H]1CO[C@H]2[C@@H]1OC[C@H]2Oc1nc2nc(NCc3nn(CC4CCCO4)c4ccccc34)c(Cl)cc2[nH]1. The van der Waals surface area contributed by atoms with Gasteiger partial charge in [-0.3, -0.25) is 4.68 Å². The number of benzene rings is 1. The first-order valence-electron chi connectivity index (χ1n) is 12.6. The second-order valence-electron chi connectivity index (χ2n) is 9.69. The van der Waals surface area contributed by atoms with Crippen molar-refractivity contribution in [1.82, 2.24) is 24.7 Å². The molecular formula is C25H27ClN6O5. The summed E-state index contributed by atoms with van der Waals surface area (Å²) in [5.74, 6) is 0.511. The number of nitrogens with zero attached hydrogens (tertiary/aromatic N) is 4. The molecule has 4 aromatic rings. The van der Waals surface area contributed by atoms with Crippen molar-refractivity contribution in [3.63, 3.8) is 0 Å². The lowest BCUT2D eigenvalue weighted by molar-refractivity contribution is 0.00706. The Morgan fingerprint density at radius 2 is 2.05 bits per heavy atom. The second-order valence-corrected chi connectivity index (χ2v) is 10.1. The molecule has 0 saturated carbocycles. The first kappa shape index (κ1) is 23.2. The van der Waals surface area contributed by atoms with Gasteiger partial charge in [-0.2, -0.15) is 10.1 Å². The normalized spacial score (nSPS) is 27.4. The Morgan fingerprint density at radius 1 is 1.16 bits per heavy atom. The summed E-state index contributed by atoms with van der Waals surface area (Å²) >= 11 is 6.55. The molecule has 0 bridgehead atoms. The highest BCUT2D eigenvalue weighted by molar-refractivity contribution is 6.33. The average Bonchev–Trinajstić information content (AvgIpc) is 3.71. The van der Waals surface area contributed by atoms with Crippen molar-refractivity contribution < 1.29 is 24.1 Å². The number of fused-ring (bicyclic) bond motifs is 3. The van der Waals surface area contributed by atoms with Gasteiger partial charge in [0.25, 0.3) is 6.01 Å². The molecule has 3 N–H and O–H groups in total. The van der Waals surface area contributed by atoms with Crippen LogP contribution in [0, 0.1) is 0 Å². The van der Waals surface area contributed by atoms with Gasteiger partial charge in [0.2, 0.25) is 0 Å². The van der Waals surface area contributed by atoms with Crippen molar-refractivity contribution in [2.24, 2.45) is 0 Å². The molecule has 6 heterocycles. The maximum atomic E-state index is 9.94. The molecule has 3 aliphatic heterocycles. The number of imidazole rings is 1. The van der Waals surface area contributed by atoms with Crippen LogP contribution in [0.2, 0.25) is 5.02 Å². The number of pyridine rings is 1. The van der Waals surface area contributed by atoms with Gasteiger partial charge >= 0.3 is 0 Å². The van der Waals surface area contributed by atoms with Gasteiger partial charge in [0, 0.05) is 12.0 Å². The number of aliphatic hydroxyl groups excluding tert-OH is 1. The number of aromatic nitrogens is 5. The van der Waals surface area contributed by atoms with Crippen LogP contribution in [0.1, 0.15) is 18.5 Å². The van der Waals surface area contributed by atoms with Crippen LogP contribution in [0.25, 0.3) is 22.1 Å². The number of rotatable bonds is 7. The van der Waals surface area contributed by atoms with E-state index in [1.54, 1.807) is 6.07 Å². The van der Waals surface area contributed by atoms with Crippen molar-refractivity contribution in [2.75, 3.05) is 25.1 Å². The monoisotopic (exact) mass is 526 g/mol. The maximum Gasteiger partial charge on any atom is 0.296 e. The molecule has 3 aromatic heterocycles. The van der Waals surface area contributed by atoms with E-state index < -0.39 is 6.10 Å². The van der Waals surface area contributed by atoms with Crippen LogP contribution < -0.4 is 10.1 Å². The third kappa shape index (κ3) is 4.30. The van der Waals surface area contributed by atoms with Crippen LogP contribution in [0.5, 0.6) is 6.01 Å². The summed E-state index contributed by atoms with van der Waals surface area (Å²) in [6, 6.07) is 10.3. The Morgan fingerprint density at radius 3 is 2.95 bits per heavy atom. The minimum Gasteiger partial charge on any atom is -0.456 e. The number of nitrogens with one attached hydrogen (secondary N) is 2. The molecule has 12 heteroatoms. The van der Waals surface area contributed by atoms with Crippen molar-refractivity contribution in [1.29, 1.82) is 0 Å². The smallest absolute Gasteiger partial charge is 0.296 e. The van der Waals surface area contributed by atoms with E-state index in [4.69, 9.17) is 35.6 Å². The molecule has 1 aromatic carbocycles. The fraction of sp³-hybridized carbons (Fsp3) is 0.480. The summed E-state index contributed by atoms with van der Waals surface area (Å²) < 4.78 is 25.1. The van der Waals surface area contributed by atoms with Crippen LogP contribution >= 0.6 is 11.6 Å². The number of H-pyrrole nitrogens is 1. The Hall–Kier alpha value is -2.96. The number of para-hydroxylation sites is 1. The van der Waals surface area contributed by atoms with Crippen molar-refractivity contribution in [3.05, 3.63) is 41.0 Å². The number of halogens is 1. The molecule has 0 spiro atoms. The van der Waals surface area contributed by atoms with Crippen LogP contribution in [-0.2, 0) is 27.3 Å². The number of anilines is 1. The van der Waals surface area contributed by atoms with Gasteiger partial charge in [0.05, 0.1) is 54.2 Å². The van der Waals surface area contributed by atoms with Gasteiger partial charge in [-0.1, -0.05) is 29.8 Å². The first-order valence-corrected chi connectivity index (χ1v) is 12.9. The lowest BCUT2D eigenvalue weighted by Crippen LogP contribution is -2.34. The summed E-state index contributed by atoms with van der Waals surface area (Å²) in [5.41, 5.74) is 3.11. The van der Waals surface area contributed by atoms with Gasteiger partial charge in [0.15, 0.2) is 11.8 Å². The summed E-state index contributed by atoms with van der Waals surface area (Å²) in [4.78, 5) is 12.2. The summed E-state index contributed by atoms with van der Waals surface area (Å²) in [6.45, 7) is 2.56. The minimum atomic E-state index is -0.636. The molecule has 0 amide bonds. The average molecular weight is 527 g/mol. The quantitative estimate of drug-likeness (QED) is 0.333. The molecule has 194 valence electrons. The largest absolute Gasteiger partial charge is 0.456 e. The summed E-state index contributed by atoms with van der Waals surface area (Å²) in [6.07, 6.45) is 0.648. The van der Waals surface area contributed by atoms with Crippen molar-refractivity contribution >= 4 is 39.5 Å². The molecule has 1 unspecified atom stereocenters. The molecule has 7 rings (SSSR count). The van der Waals surface area contributed by atoms with Crippen LogP contribution in [0.3, 0.4) is 0 Å². The highest BCUT2D eigenvalue weighted by atomic mass is 35.5. The predicted molar refractivity (Wildman–Crippen MR) is 135 cm³/mol. The standard InChI is InChI=1S/C25H27ClN6O5/c26-15-8-16-24(30-25(28-16)37-20-12-36-21-19(33)11-35-22(20)21)29-23(15)27-9-17-14-5-1-2-6-18(14)32(31-17)10-13-4-3-7-34-13/h1-2,5-6,8,13,19-22,33H,3-4,7,9-12H2,(H2,27,28,29,30)/t13?,19-,20-,21-,22-/m1/s1. The van der Waals surface area contributed by atoms with E-state index in [9.17, 15) is 5.11 Å². The zero-order valence-electron chi connectivity index (χ0n) is 20.0. The van der Waals surface area contributed by atoms with Crippen molar-refractivity contribution in [3.8, 4) is 6.01 Å². The maximum absolute atomic E-state index is 9.94. The second kappa shape index (κ2) is 9.41. The number of ether oxygens (including phenoxy) is 4. The lowest BCUT2D eigenvalue weighted by atomic mass is 10.1. The molecule has 3 aliphatic rings. The van der Waals surface area contributed by atoms with Gasteiger partial charge in [-0.25, -0.2) is 4.98 Å². The first-order chi connectivity index (χ1) is 18.1. The van der Waals surface area contributed by atoms with Crippen LogP contribution in [-0.4, -0.2) is 80.2 Å². The van der Waals surface area contributed by atoms with Crippen LogP contribution in [0.4, 0.5) is 5.82 Å². The number of hydrogen-bond acceptors (Lipinski definition) is 9. The van der Waals surface area contributed by atoms with E-state index in [1.807, 2.05) is 16.8 Å². The predicted octanol–water partition coefficient (Wildman–Crippen LogP) is 2.66. The minimum absolute atomic E-state index is 0.200. The fourth-order valence-electron chi connectivity index (χ4n) is 5.38. The van der Waals surface area contributed by atoms with Gasteiger partial charge in [0.1, 0.15) is 24.1 Å². The topological polar surface area (TPSA) is 129 Å². The molecule has 3 saturated heterocycles.